The standard InChI is InChI=1S/C31H47FN4/c1-6-7-8-9-10-27-11-13-28(14-12-27)24(2)33-26(4)36-21-17-31(32,18-22-36)25(3)34-30(5)23-35-19-15-29(30)16-20-35/h11-14,29,34H,3-4,6-10,15-23H2,1-2,5H3/b33-24+. The molecule has 0 aliphatic carbocycles. The van der Waals surface area contributed by atoms with Gasteiger partial charge >= 0.3 is 0 Å². The van der Waals surface area contributed by atoms with Gasteiger partial charge in [-0.25, -0.2) is 9.38 Å². The van der Waals surface area contributed by atoms with Gasteiger partial charge in [0.05, 0.1) is 0 Å². The fraction of sp³-hybridized carbons (Fsp3) is 0.645. The molecule has 1 N–H and O–H groups in total. The summed E-state index contributed by atoms with van der Waals surface area (Å²) in [5.41, 5.74) is 2.58. The number of hydrogen-bond acceptors (Lipinski definition) is 4. The van der Waals surface area contributed by atoms with Crippen LogP contribution in [0.2, 0.25) is 0 Å². The fourth-order valence-electron chi connectivity index (χ4n) is 6.34. The topological polar surface area (TPSA) is 30.9 Å². The number of piperidine rings is 4. The molecule has 198 valence electrons. The molecule has 1 unspecified atom stereocenters. The van der Waals surface area contributed by atoms with Gasteiger partial charge in [0.25, 0.3) is 0 Å². The first-order chi connectivity index (χ1) is 17.2. The largest absolute Gasteiger partial charge is 0.379 e. The Hall–Kier alpha value is -2.14. The van der Waals surface area contributed by atoms with Crippen molar-refractivity contribution in [2.75, 3.05) is 32.7 Å². The molecular weight excluding hydrogens is 447 g/mol. The monoisotopic (exact) mass is 494 g/mol. The number of rotatable bonds is 11. The molecule has 1 aromatic rings. The zero-order valence-electron chi connectivity index (χ0n) is 22.9. The summed E-state index contributed by atoms with van der Waals surface area (Å²) < 4.78 is 16.0. The van der Waals surface area contributed by atoms with Gasteiger partial charge in [-0.3, -0.25) is 0 Å². The van der Waals surface area contributed by atoms with Crippen LogP contribution in [0.15, 0.2) is 53.9 Å². The van der Waals surface area contributed by atoms with Gasteiger partial charge in [0, 0.05) is 49.4 Å². The number of fused-ring (bicyclic) bond motifs is 3. The maximum atomic E-state index is 16.0. The first-order valence-electron chi connectivity index (χ1n) is 14.2. The molecule has 4 saturated heterocycles. The van der Waals surface area contributed by atoms with Crippen molar-refractivity contribution >= 4 is 5.71 Å². The van der Waals surface area contributed by atoms with Crippen LogP contribution in [-0.4, -0.2) is 59.4 Å². The van der Waals surface area contributed by atoms with Crippen LogP contribution < -0.4 is 5.32 Å². The van der Waals surface area contributed by atoms with Crippen molar-refractivity contribution in [3.8, 4) is 0 Å². The van der Waals surface area contributed by atoms with E-state index in [9.17, 15) is 0 Å². The van der Waals surface area contributed by atoms with Crippen LogP contribution in [0.25, 0.3) is 0 Å². The Balaban J connectivity index is 1.28. The van der Waals surface area contributed by atoms with Crippen LogP contribution in [-0.2, 0) is 6.42 Å². The van der Waals surface area contributed by atoms with Crippen molar-refractivity contribution in [2.24, 2.45) is 10.9 Å². The van der Waals surface area contributed by atoms with E-state index in [1.54, 1.807) is 0 Å². The highest BCUT2D eigenvalue weighted by atomic mass is 19.1. The SMILES string of the molecule is C=C(/N=C(\C)c1ccc(CCCCCC)cc1)N1CCC(F)(C(=C)NC2(C)CN3CCC2CC3)CC1. The normalized spacial score (nSPS) is 27.7. The number of aryl methyl sites for hydroxylation is 1. The molecule has 2 bridgehead atoms. The summed E-state index contributed by atoms with van der Waals surface area (Å²) in [5.74, 6) is 1.33. The number of alkyl halides is 1. The van der Waals surface area contributed by atoms with Crippen molar-refractivity contribution in [2.45, 2.75) is 89.8 Å². The number of likely N-dealkylation sites (tertiary alicyclic amines) is 1. The van der Waals surface area contributed by atoms with Crippen LogP contribution in [0.4, 0.5) is 4.39 Å². The second kappa shape index (κ2) is 11.5. The van der Waals surface area contributed by atoms with E-state index in [-0.39, 0.29) is 5.54 Å². The summed E-state index contributed by atoms with van der Waals surface area (Å²) in [6, 6.07) is 8.76. The molecule has 0 saturated carbocycles. The second-order valence-electron chi connectivity index (χ2n) is 11.6. The zero-order chi connectivity index (χ0) is 25.8. The Bertz CT molecular complexity index is 936. The van der Waals surface area contributed by atoms with Crippen molar-refractivity contribution in [1.29, 1.82) is 0 Å². The molecule has 4 heterocycles. The van der Waals surface area contributed by atoms with Crippen LogP contribution in [0, 0.1) is 5.92 Å². The summed E-state index contributed by atoms with van der Waals surface area (Å²) >= 11 is 0. The summed E-state index contributed by atoms with van der Waals surface area (Å²) in [7, 11) is 0. The molecule has 4 aliphatic rings. The highest BCUT2D eigenvalue weighted by Gasteiger charge is 2.46. The Kier molecular flexibility index (Phi) is 8.59. The predicted octanol–water partition coefficient (Wildman–Crippen LogP) is 6.48. The first-order valence-corrected chi connectivity index (χ1v) is 14.2. The average molecular weight is 495 g/mol. The van der Waals surface area contributed by atoms with Gasteiger partial charge in [-0.15, -0.1) is 0 Å². The van der Waals surface area contributed by atoms with E-state index in [1.807, 2.05) is 6.92 Å². The summed E-state index contributed by atoms with van der Waals surface area (Å²) in [4.78, 5) is 9.41. The quantitative estimate of drug-likeness (QED) is 0.282. The van der Waals surface area contributed by atoms with Crippen LogP contribution in [0.3, 0.4) is 0 Å². The Morgan fingerprint density at radius 2 is 1.72 bits per heavy atom. The van der Waals surface area contributed by atoms with E-state index in [2.05, 4.69) is 66.4 Å². The molecule has 0 amide bonds. The third-order valence-corrected chi connectivity index (χ3v) is 8.93. The lowest BCUT2D eigenvalue weighted by Gasteiger charge is -2.53. The molecule has 4 fully saturated rings. The smallest absolute Gasteiger partial charge is 0.153 e. The lowest BCUT2D eigenvalue weighted by atomic mass is 9.73. The van der Waals surface area contributed by atoms with Crippen molar-refractivity contribution in [3.63, 3.8) is 0 Å². The molecule has 5 heteroatoms. The van der Waals surface area contributed by atoms with E-state index in [0.717, 1.165) is 30.1 Å². The Morgan fingerprint density at radius 3 is 2.31 bits per heavy atom. The van der Waals surface area contributed by atoms with E-state index in [1.165, 1.54) is 57.2 Å². The van der Waals surface area contributed by atoms with Gasteiger partial charge in [0.1, 0.15) is 5.82 Å². The van der Waals surface area contributed by atoms with Gasteiger partial charge in [0.2, 0.25) is 0 Å². The number of hydrogen-bond donors (Lipinski definition) is 1. The third-order valence-electron chi connectivity index (χ3n) is 8.93. The summed E-state index contributed by atoms with van der Waals surface area (Å²) in [6.45, 7) is 19.5. The molecule has 0 spiro atoms. The lowest BCUT2D eigenvalue weighted by molar-refractivity contribution is 0.0118. The van der Waals surface area contributed by atoms with Gasteiger partial charge < -0.3 is 15.1 Å². The van der Waals surface area contributed by atoms with Crippen LogP contribution >= 0.6 is 0 Å². The van der Waals surface area contributed by atoms with Crippen molar-refractivity contribution in [3.05, 3.63) is 60.1 Å². The van der Waals surface area contributed by atoms with E-state index >= 15 is 4.39 Å². The minimum atomic E-state index is -1.38. The molecule has 0 radical (unpaired) electrons. The first kappa shape index (κ1) is 26.9. The number of nitrogens with zero attached hydrogens (tertiary/aromatic N) is 3. The van der Waals surface area contributed by atoms with E-state index < -0.39 is 5.67 Å². The number of benzene rings is 1. The molecule has 1 aromatic carbocycles. The van der Waals surface area contributed by atoms with E-state index in [0.29, 0.717) is 37.5 Å². The Labute approximate surface area is 218 Å². The number of nitrogens with one attached hydrogen (secondary N) is 1. The van der Waals surface area contributed by atoms with Crippen molar-refractivity contribution < 1.29 is 4.39 Å². The minimum absolute atomic E-state index is 0.0696. The molecule has 4 aliphatic heterocycles. The molecule has 4 nitrogen and oxygen atoms in total. The van der Waals surface area contributed by atoms with E-state index in [4.69, 9.17) is 4.99 Å². The third kappa shape index (κ3) is 6.22. The molecule has 1 atom stereocenters. The molecule has 36 heavy (non-hydrogen) atoms. The molecule has 0 aromatic heterocycles. The minimum Gasteiger partial charge on any atom is -0.379 e. The zero-order valence-corrected chi connectivity index (χ0v) is 22.9. The van der Waals surface area contributed by atoms with Gasteiger partial charge in [-0.05, 0) is 69.7 Å². The predicted molar refractivity (Wildman–Crippen MR) is 150 cm³/mol. The maximum absolute atomic E-state index is 16.0. The fourth-order valence-corrected chi connectivity index (χ4v) is 6.34. The summed E-state index contributed by atoms with van der Waals surface area (Å²) in [6.07, 6.45) is 9.51. The number of halogens is 1. The Morgan fingerprint density at radius 1 is 1.06 bits per heavy atom. The summed E-state index contributed by atoms with van der Waals surface area (Å²) in [5, 5.41) is 3.58. The molecular formula is C31H47FN4. The second-order valence-corrected chi connectivity index (χ2v) is 11.6. The highest BCUT2D eigenvalue weighted by molar-refractivity contribution is 5.99. The number of unbranched alkanes of at least 4 members (excludes halogenated alkanes) is 3. The number of aliphatic imine (C=N–C) groups is 1. The highest BCUT2D eigenvalue weighted by Crippen LogP contribution is 2.39. The number of allylic oxidation sites excluding steroid dienone is 1. The maximum Gasteiger partial charge on any atom is 0.153 e. The van der Waals surface area contributed by atoms with Gasteiger partial charge in [-0.1, -0.05) is 63.6 Å². The van der Waals surface area contributed by atoms with Gasteiger partial charge in [-0.2, -0.15) is 0 Å². The lowest BCUT2D eigenvalue weighted by Crippen LogP contribution is -2.65. The van der Waals surface area contributed by atoms with Crippen molar-refractivity contribution in [1.82, 2.24) is 15.1 Å². The average Bonchev–Trinajstić information content (AvgIpc) is 2.87. The van der Waals surface area contributed by atoms with Crippen LogP contribution in [0.5, 0.6) is 0 Å². The van der Waals surface area contributed by atoms with Crippen LogP contribution in [0.1, 0.15) is 83.3 Å². The van der Waals surface area contributed by atoms with Gasteiger partial charge in [0.15, 0.2) is 5.67 Å². The molecule has 5 rings (SSSR count).